The van der Waals surface area contributed by atoms with Crippen molar-refractivity contribution in [3.8, 4) is 0 Å². The van der Waals surface area contributed by atoms with E-state index in [2.05, 4.69) is 47.6 Å². The van der Waals surface area contributed by atoms with E-state index in [4.69, 9.17) is 33.3 Å². The smallest absolute Gasteiger partial charge is 0.287 e. The van der Waals surface area contributed by atoms with Crippen LogP contribution in [0.15, 0.2) is 94.7 Å². The Kier molecular flexibility index (Phi) is 16.8. The normalized spacial score (nSPS) is 10.6. The Morgan fingerprint density at radius 3 is 1.41 bits per heavy atom. The molecule has 0 atom stereocenters. The number of carbonyl (C=O) groups is 2. The molecule has 312 valence electrons. The summed E-state index contributed by atoms with van der Waals surface area (Å²) < 4.78 is 97.7. The van der Waals surface area contributed by atoms with Crippen LogP contribution >= 0.6 is 11.6 Å². The van der Waals surface area contributed by atoms with Crippen molar-refractivity contribution in [2.24, 2.45) is 22.0 Å². The summed E-state index contributed by atoms with van der Waals surface area (Å²) >= 11 is 4.89. The fourth-order valence-corrected chi connectivity index (χ4v) is 5.28. The quantitative estimate of drug-likeness (QED) is 0.0459. The van der Waals surface area contributed by atoms with Crippen LogP contribution < -0.4 is 44.1 Å². The Bertz CT molecular complexity index is 2550. The number of carbonyl (C=O) groups excluding carboxylic acids is 2. The molecule has 0 spiro atoms. The van der Waals surface area contributed by atoms with Crippen LogP contribution in [0, 0.1) is 23.3 Å². The van der Waals surface area contributed by atoms with Gasteiger partial charge in [-0.1, -0.05) is 12.1 Å². The van der Waals surface area contributed by atoms with Gasteiger partial charge in [0.25, 0.3) is 11.1 Å². The highest BCUT2D eigenvalue weighted by molar-refractivity contribution is 7.89. The molecule has 6 rings (SSSR count). The summed E-state index contributed by atoms with van der Waals surface area (Å²) in [5.74, 6) is 2.81. The molecule has 2 aromatic heterocycles. The number of hydrazine groups is 1. The van der Waals surface area contributed by atoms with E-state index in [1.807, 2.05) is 0 Å². The number of hydrogen-bond donors (Lipinski definition) is 9. The van der Waals surface area contributed by atoms with Crippen molar-refractivity contribution in [2.45, 2.75) is 9.79 Å². The minimum absolute atomic E-state index is 0. The van der Waals surface area contributed by atoms with Crippen LogP contribution in [0.25, 0.3) is 0 Å². The molecule has 2 heterocycles. The van der Waals surface area contributed by atoms with Gasteiger partial charge in [0.15, 0.2) is 0 Å². The first-order valence-electron chi connectivity index (χ1n) is 14.9. The molecule has 0 radical (unpaired) electrons. The van der Waals surface area contributed by atoms with Gasteiger partial charge in [-0.2, -0.15) is 14.6 Å². The molecule has 4 aromatic carbocycles. The summed E-state index contributed by atoms with van der Waals surface area (Å²) in [6.45, 7) is 0. The lowest BCUT2D eigenvalue weighted by atomic mass is 10.2. The number of rotatable bonds is 8. The van der Waals surface area contributed by atoms with Gasteiger partial charge in [-0.25, -0.2) is 49.8 Å². The number of sulfonamides is 2. The van der Waals surface area contributed by atoms with Gasteiger partial charge in [0.05, 0.1) is 9.79 Å². The fourth-order valence-electron chi connectivity index (χ4n) is 4.06. The van der Waals surface area contributed by atoms with E-state index in [0.29, 0.717) is 22.0 Å². The number of nitrogens with zero attached hydrogens (tertiary/aromatic N) is 5. The molecule has 58 heavy (non-hydrogen) atoms. The number of nitrogen functional groups attached to an aromatic ring is 2. The highest BCUT2D eigenvalue weighted by Gasteiger charge is 2.23. The minimum atomic E-state index is -3.84. The number of nitrogens with one attached hydrogen (secondary N) is 3. The average molecular weight is 880 g/mol. The standard InChI is InChI=1S/C15H12F2N6O3S.C8H10N6O2S.C7H3ClF2O.FH.H4N2.H2/c16-10-2-1-3-11(17)12(10)13(24)23-14(18)21-15(22-23)20-8-4-6-9(7-5-8)27(19,25)26;9-7-12-8(14-13-7)11-5-1-3-6(4-2-5)17(10,15)16;8-7(11)6-4(9)2-1-3-5(6)10;;1-2;/h1-7H,(H2,19,25,26)(H3,18,20,21,22);1-4H,(H2,10,15,16)(H4,9,11,12,13,14);1-3H;1H;1-2H2;1H/i;;;;;1+1. The van der Waals surface area contributed by atoms with Crippen molar-refractivity contribution in [1.82, 2.24) is 29.9 Å². The lowest BCUT2D eigenvalue weighted by Gasteiger charge is -2.04. The van der Waals surface area contributed by atoms with Gasteiger partial charge in [0.2, 0.25) is 43.8 Å². The average Bonchev–Trinajstić information content (AvgIpc) is 3.72. The highest BCUT2D eigenvalue weighted by Crippen LogP contribution is 2.20. The van der Waals surface area contributed by atoms with Crippen molar-refractivity contribution in [2.75, 3.05) is 22.1 Å². The molecule has 0 aliphatic heterocycles. The first-order chi connectivity index (χ1) is 26.7. The third kappa shape index (κ3) is 13.0. The number of nitrogens with two attached hydrogens (primary N) is 6. The third-order valence-electron chi connectivity index (χ3n) is 6.54. The molecule has 0 fully saturated rings. The van der Waals surface area contributed by atoms with E-state index in [1.165, 1.54) is 36.4 Å². The van der Waals surface area contributed by atoms with Gasteiger partial charge in [0, 0.05) is 12.8 Å². The van der Waals surface area contributed by atoms with Crippen LogP contribution in [0.1, 0.15) is 22.1 Å². The zero-order valence-electron chi connectivity index (χ0n) is 28.8. The Labute approximate surface area is 330 Å². The number of aromatic amines is 1. The van der Waals surface area contributed by atoms with Gasteiger partial charge in [-0.3, -0.25) is 26.0 Å². The third-order valence-corrected chi connectivity index (χ3v) is 8.59. The van der Waals surface area contributed by atoms with Gasteiger partial charge < -0.3 is 22.1 Å². The molecule has 0 amide bonds. The monoisotopic (exact) mass is 879 g/mol. The number of H-pyrrole nitrogens is 1. The Morgan fingerprint density at radius 2 is 1.07 bits per heavy atom. The summed E-state index contributed by atoms with van der Waals surface area (Å²) in [7, 11) is -7.52. The summed E-state index contributed by atoms with van der Waals surface area (Å²) in [5.41, 5.74) is 10.4. The fraction of sp³-hybridized carbons (Fsp3) is 0. The second-order valence-electron chi connectivity index (χ2n) is 10.4. The molecule has 20 nitrogen and oxygen atoms in total. The van der Waals surface area contributed by atoms with E-state index in [9.17, 15) is 44.0 Å². The number of hydrogen-bond acceptors (Lipinski definition) is 16. The number of anilines is 6. The molecular weight excluding hydrogens is 847 g/mol. The van der Waals surface area contributed by atoms with Gasteiger partial charge in [0.1, 0.15) is 34.4 Å². The lowest BCUT2D eigenvalue weighted by molar-refractivity contribution is 0.0939. The van der Waals surface area contributed by atoms with Crippen LogP contribution in [0.5, 0.6) is 0 Å². The van der Waals surface area contributed by atoms with Gasteiger partial charge in [-0.15, -0.1) is 10.2 Å². The topological polar surface area (TPSA) is 355 Å². The van der Waals surface area contributed by atoms with Crippen molar-refractivity contribution < 1.29 is 50.1 Å². The van der Waals surface area contributed by atoms with Crippen LogP contribution in [0.2, 0.25) is 0 Å². The van der Waals surface area contributed by atoms with Crippen LogP contribution in [0.4, 0.5) is 57.4 Å². The number of primary sulfonamides is 2. The zero-order chi connectivity index (χ0) is 42.7. The first kappa shape index (κ1) is 47.5. The van der Waals surface area contributed by atoms with Gasteiger partial charge >= 0.3 is 0 Å². The Morgan fingerprint density at radius 1 is 0.672 bits per heavy atom. The van der Waals surface area contributed by atoms with E-state index < -0.39 is 71.5 Å². The molecule has 6 aromatic rings. The number of aromatic nitrogens is 6. The molecule has 15 N–H and O–H groups in total. The van der Waals surface area contributed by atoms with Crippen molar-refractivity contribution in [3.63, 3.8) is 0 Å². The van der Waals surface area contributed by atoms with Crippen molar-refractivity contribution >= 4 is 78.0 Å². The highest BCUT2D eigenvalue weighted by atomic mass is 35.5. The van der Waals surface area contributed by atoms with E-state index >= 15 is 0 Å². The molecule has 28 heteroatoms. The second kappa shape index (κ2) is 20.5. The van der Waals surface area contributed by atoms with Crippen molar-refractivity contribution in [3.05, 3.63) is 119 Å². The Balaban J connectivity index is 0.000000467. The SMILES string of the molecule is F.NN.Nc1nc(Nc2ccc(S(N)(=O)=O)cc2)n[nH]1.Nc1nc(Nc2ccc(S(N)(=O)=O)cc2)nn1C(=O)c1c(F)cccc1F.O=C(Cl)c1c(F)cccc1F.[2HH]. The number of halogens is 6. The Hall–Kier alpha value is -6.62. The van der Waals surface area contributed by atoms with Crippen LogP contribution in [-0.4, -0.2) is 57.9 Å². The summed E-state index contributed by atoms with van der Waals surface area (Å²) in [4.78, 5) is 30.3. The molecule has 0 saturated heterocycles. The second-order valence-corrected chi connectivity index (χ2v) is 13.9. The first-order valence-corrected chi connectivity index (χ1v) is 18.4. The van der Waals surface area contributed by atoms with Crippen LogP contribution in [-0.2, 0) is 20.0 Å². The maximum Gasteiger partial charge on any atom is 0.287 e. The minimum Gasteiger partial charge on any atom is -0.368 e. The van der Waals surface area contributed by atoms with E-state index in [0.717, 1.165) is 36.4 Å². The van der Waals surface area contributed by atoms with E-state index in [1.54, 1.807) is 12.1 Å². The van der Waals surface area contributed by atoms with E-state index in [-0.39, 0.29) is 27.8 Å². The predicted octanol–water partition coefficient (Wildman–Crippen LogP) is 2.56. The summed E-state index contributed by atoms with van der Waals surface area (Å²) in [6, 6.07) is 17.2. The molecule has 0 aliphatic rings. The lowest BCUT2D eigenvalue weighted by Crippen LogP contribution is -2.19. The molecular formula is C30H32ClF5N14O6S2. The molecule has 0 saturated carbocycles. The van der Waals surface area contributed by atoms with Crippen molar-refractivity contribution in [1.29, 1.82) is 0 Å². The molecule has 0 bridgehead atoms. The molecule has 0 unspecified atom stereocenters. The van der Waals surface area contributed by atoms with Crippen LogP contribution in [0.3, 0.4) is 0 Å². The summed E-state index contributed by atoms with van der Waals surface area (Å²) in [6.07, 6.45) is 0. The number of benzene rings is 4. The maximum absolute atomic E-state index is 13.8. The maximum atomic E-state index is 13.8. The van der Waals surface area contributed by atoms with Gasteiger partial charge in [-0.05, 0) is 84.4 Å². The molecule has 0 aliphatic carbocycles. The summed E-state index contributed by atoms with van der Waals surface area (Å²) in [5, 5.41) is 24.4. The zero-order valence-corrected chi connectivity index (χ0v) is 31.2. The predicted molar refractivity (Wildman–Crippen MR) is 203 cm³/mol. The largest absolute Gasteiger partial charge is 0.368 e.